The molecule has 1 aliphatic heterocycles. The van der Waals surface area contributed by atoms with Crippen LogP contribution in [0.3, 0.4) is 0 Å². The number of hydrogen-bond donors (Lipinski definition) is 1. The van der Waals surface area contributed by atoms with E-state index >= 15 is 0 Å². The van der Waals surface area contributed by atoms with E-state index < -0.39 is 0 Å². The largest absolute Gasteiger partial charge is 0.356 e. The molecule has 3 rings (SSSR count). The monoisotopic (exact) mass is 376 g/mol. The standard InChI is InChI=1S/C18H25FN6S/c1-3-16-22-18(26-23-16)25-12-10-24(11-13-25)17(20-2)21-9-8-14-4-6-15(19)7-5-14/h4-7H,3,8-13H2,1-2H3,(H,20,21). The van der Waals surface area contributed by atoms with Crippen molar-refractivity contribution in [3.8, 4) is 0 Å². The highest BCUT2D eigenvalue weighted by atomic mass is 32.1. The first-order valence-electron chi connectivity index (χ1n) is 8.97. The number of halogens is 1. The maximum Gasteiger partial charge on any atom is 0.205 e. The van der Waals surface area contributed by atoms with Crippen LogP contribution in [0.4, 0.5) is 9.52 Å². The molecule has 140 valence electrons. The predicted molar refractivity (Wildman–Crippen MR) is 105 cm³/mol. The molecule has 1 aromatic heterocycles. The summed E-state index contributed by atoms with van der Waals surface area (Å²) < 4.78 is 17.3. The van der Waals surface area contributed by atoms with Crippen LogP contribution in [0.2, 0.25) is 0 Å². The van der Waals surface area contributed by atoms with Crippen molar-refractivity contribution < 1.29 is 4.39 Å². The normalized spacial score (nSPS) is 15.4. The molecule has 0 radical (unpaired) electrons. The molecular formula is C18H25FN6S. The van der Waals surface area contributed by atoms with Gasteiger partial charge in [0.25, 0.3) is 0 Å². The topological polar surface area (TPSA) is 56.7 Å². The number of aryl methyl sites for hydroxylation is 1. The van der Waals surface area contributed by atoms with Gasteiger partial charge in [0.15, 0.2) is 5.96 Å². The zero-order valence-electron chi connectivity index (χ0n) is 15.3. The average Bonchev–Trinajstić information content (AvgIpc) is 3.16. The molecule has 1 aromatic carbocycles. The Hall–Kier alpha value is -2.22. The number of aromatic nitrogens is 2. The quantitative estimate of drug-likeness (QED) is 0.640. The second-order valence-electron chi connectivity index (χ2n) is 6.17. The van der Waals surface area contributed by atoms with Gasteiger partial charge in [0.1, 0.15) is 11.6 Å². The second-order valence-corrected chi connectivity index (χ2v) is 6.90. The van der Waals surface area contributed by atoms with Gasteiger partial charge in [-0.05, 0) is 24.1 Å². The third kappa shape index (κ3) is 4.69. The molecule has 26 heavy (non-hydrogen) atoms. The molecule has 1 saturated heterocycles. The molecule has 0 atom stereocenters. The number of nitrogens with zero attached hydrogens (tertiary/aromatic N) is 5. The van der Waals surface area contributed by atoms with Crippen LogP contribution < -0.4 is 10.2 Å². The van der Waals surface area contributed by atoms with Crippen LogP contribution in [0.25, 0.3) is 0 Å². The Morgan fingerprint density at radius 3 is 2.58 bits per heavy atom. The summed E-state index contributed by atoms with van der Waals surface area (Å²) in [5.74, 6) is 1.64. The molecule has 1 fully saturated rings. The number of benzene rings is 1. The van der Waals surface area contributed by atoms with Gasteiger partial charge in [0, 0.05) is 57.7 Å². The number of nitrogens with one attached hydrogen (secondary N) is 1. The van der Waals surface area contributed by atoms with Gasteiger partial charge in [-0.3, -0.25) is 4.99 Å². The summed E-state index contributed by atoms with van der Waals surface area (Å²) in [6, 6.07) is 6.65. The minimum atomic E-state index is -0.197. The van der Waals surface area contributed by atoms with Gasteiger partial charge >= 0.3 is 0 Å². The van der Waals surface area contributed by atoms with Crippen molar-refractivity contribution >= 4 is 22.6 Å². The van der Waals surface area contributed by atoms with E-state index in [0.29, 0.717) is 0 Å². The Morgan fingerprint density at radius 1 is 1.23 bits per heavy atom. The fourth-order valence-electron chi connectivity index (χ4n) is 2.93. The highest BCUT2D eigenvalue weighted by Gasteiger charge is 2.21. The van der Waals surface area contributed by atoms with Crippen molar-refractivity contribution in [3.05, 3.63) is 41.5 Å². The van der Waals surface area contributed by atoms with Crippen LogP contribution in [0.1, 0.15) is 18.3 Å². The average molecular weight is 377 g/mol. The summed E-state index contributed by atoms with van der Waals surface area (Å²) in [7, 11) is 1.81. The highest BCUT2D eigenvalue weighted by molar-refractivity contribution is 7.09. The van der Waals surface area contributed by atoms with E-state index in [1.807, 2.05) is 19.2 Å². The number of guanidine groups is 1. The first-order chi connectivity index (χ1) is 12.7. The van der Waals surface area contributed by atoms with Crippen molar-refractivity contribution in [3.63, 3.8) is 0 Å². The molecule has 2 heterocycles. The molecule has 6 nitrogen and oxygen atoms in total. The Kier molecular flexibility index (Phi) is 6.38. The van der Waals surface area contributed by atoms with Gasteiger partial charge in [-0.25, -0.2) is 9.37 Å². The molecular weight excluding hydrogens is 351 g/mol. The summed E-state index contributed by atoms with van der Waals surface area (Å²) in [4.78, 5) is 13.5. The molecule has 2 aromatic rings. The molecule has 0 aliphatic carbocycles. The SMILES string of the molecule is CCc1nsc(N2CCN(C(=NC)NCCc3ccc(F)cc3)CC2)n1. The Labute approximate surface area is 157 Å². The molecule has 1 N–H and O–H groups in total. The lowest BCUT2D eigenvalue weighted by atomic mass is 10.1. The van der Waals surface area contributed by atoms with Gasteiger partial charge in [0.05, 0.1) is 0 Å². The summed E-state index contributed by atoms with van der Waals surface area (Å²) in [6.07, 6.45) is 1.71. The van der Waals surface area contributed by atoms with E-state index in [0.717, 1.165) is 68.0 Å². The number of piperazine rings is 1. The maximum atomic E-state index is 13.0. The maximum absolute atomic E-state index is 13.0. The summed E-state index contributed by atoms with van der Waals surface area (Å²) >= 11 is 1.48. The number of hydrogen-bond acceptors (Lipinski definition) is 5. The zero-order chi connectivity index (χ0) is 18.4. The van der Waals surface area contributed by atoms with Crippen LogP contribution >= 0.6 is 11.5 Å². The number of anilines is 1. The van der Waals surface area contributed by atoms with E-state index in [2.05, 4.69) is 36.4 Å². The number of aliphatic imine (C=N–C) groups is 1. The van der Waals surface area contributed by atoms with Gasteiger partial charge < -0.3 is 15.1 Å². The smallest absolute Gasteiger partial charge is 0.205 e. The lowest BCUT2D eigenvalue weighted by molar-refractivity contribution is 0.372. The van der Waals surface area contributed by atoms with E-state index in [1.54, 1.807) is 0 Å². The molecule has 0 unspecified atom stereocenters. The lowest BCUT2D eigenvalue weighted by Crippen LogP contribution is -2.52. The van der Waals surface area contributed by atoms with Crippen molar-refractivity contribution in [2.24, 2.45) is 4.99 Å². The van der Waals surface area contributed by atoms with Crippen LogP contribution in [0.15, 0.2) is 29.3 Å². The first kappa shape index (κ1) is 18.6. The fourth-order valence-corrected chi connectivity index (χ4v) is 3.73. The Balaban J connectivity index is 1.46. The molecule has 0 bridgehead atoms. The third-order valence-electron chi connectivity index (χ3n) is 4.45. The fraction of sp³-hybridized carbons (Fsp3) is 0.500. The lowest BCUT2D eigenvalue weighted by Gasteiger charge is -2.36. The summed E-state index contributed by atoms with van der Waals surface area (Å²) in [5.41, 5.74) is 1.11. The Morgan fingerprint density at radius 2 is 1.96 bits per heavy atom. The molecule has 0 spiro atoms. The van der Waals surface area contributed by atoms with Crippen molar-refractivity contribution in [1.29, 1.82) is 0 Å². The van der Waals surface area contributed by atoms with E-state index in [1.165, 1.54) is 23.7 Å². The Bertz CT molecular complexity index is 722. The third-order valence-corrected chi connectivity index (χ3v) is 5.26. The minimum absolute atomic E-state index is 0.197. The van der Waals surface area contributed by atoms with E-state index in [9.17, 15) is 4.39 Å². The van der Waals surface area contributed by atoms with Crippen LogP contribution in [0.5, 0.6) is 0 Å². The second kappa shape index (κ2) is 8.93. The van der Waals surface area contributed by atoms with Crippen molar-refractivity contribution in [2.45, 2.75) is 19.8 Å². The van der Waals surface area contributed by atoms with Crippen LogP contribution in [-0.2, 0) is 12.8 Å². The molecule has 0 saturated carbocycles. The van der Waals surface area contributed by atoms with Gasteiger partial charge in [0.2, 0.25) is 5.13 Å². The number of rotatable bonds is 5. The minimum Gasteiger partial charge on any atom is -0.356 e. The van der Waals surface area contributed by atoms with E-state index in [4.69, 9.17) is 0 Å². The van der Waals surface area contributed by atoms with Crippen molar-refractivity contribution in [2.75, 3.05) is 44.7 Å². The summed E-state index contributed by atoms with van der Waals surface area (Å²) in [5, 5.41) is 4.42. The highest BCUT2D eigenvalue weighted by Crippen LogP contribution is 2.19. The molecule has 0 amide bonds. The van der Waals surface area contributed by atoms with Crippen molar-refractivity contribution in [1.82, 2.24) is 19.6 Å². The summed E-state index contributed by atoms with van der Waals surface area (Å²) in [6.45, 7) is 6.47. The molecule has 1 aliphatic rings. The first-order valence-corrected chi connectivity index (χ1v) is 9.74. The van der Waals surface area contributed by atoms with E-state index in [-0.39, 0.29) is 5.82 Å². The van der Waals surface area contributed by atoms with Crippen LogP contribution in [0, 0.1) is 5.82 Å². The predicted octanol–water partition coefficient (Wildman–Crippen LogP) is 2.18. The zero-order valence-corrected chi connectivity index (χ0v) is 16.1. The van der Waals surface area contributed by atoms with Gasteiger partial charge in [-0.15, -0.1) is 0 Å². The van der Waals surface area contributed by atoms with Gasteiger partial charge in [-0.2, -0.15) is 4.37 Å². The van der Waals surface area contributed by atoms with Gasteiger partial charge in [-0.1, -0.05) is 19.1 Å². The van der Waals surface area contributed by atoms with Crippen LogP contribution in [-0.4, -0.2) is 60.0 Å². The molecule has 8 heteroatoms.